The molecule has 1 aromatic heterocycles. The predicted molar refractivity (Wildman–Crippen MR) is 39.6 cm³/mol. The van der Waals surface area contributed by atoms with Crippen LogP contribution in [0.4, 0.5) is 5.82 Å². The summed E-state index contributed by atoms with van der Waals surface area (Å²) in [4.78, 5) is 4.19. The maximum absolute atomic E-state index is 5.66. The maximum Gasteiger partial charge on any atom is 0.123 e. The lowest BCUT2D eigenvalue weighted by molar-refractivity contribution is 0.527. The first-order valence-corrected chi connectivity index (χ1v) is 3.68. The van der Waals surface area contributed by atoms with Crippen LogP contribution in [0.5, 0.6) is 0 Å². The summed E-state index contributed by atoms with van der Waals surface area (Å²) in [6.45, 7) is 1.06. The van der Waals surface area contributed by atoms with Crippen LogP contribution in [-0.4, -0.2) is 9.55 Å². The number of nitrogen functional groups attached to an aromatic ring is 1. The summed E-state index contributed by atoms with van der Waals surface area (Å²) >= 11 is 0. The van der Waals surface area contributed by atoms with Crippen molar-refractivity contribution in [2.75, 3.05) is 5.73 Å². The molecule has 2 rings (SSSR count). The van der Waals surface area contributed by atoms with Crippen LogP contribution in [0.1, 0.15) is 18.7 Å². The van der Waals surface area contributed by atoms with E-state index in [2.05, 4.69) is 9.55 Å². The Labute approximate surface area is 59.9 Å². The standard InChI is InChI=1S/C7H11N3/c8-6-5-9-7-3-1-2-4-10(6)7/h5H,1-4,8H2. The zero-order valence-corrected chi connectivity index (χ0v) is 5.88. The van der Waals surface area contributed by atoms with Gasteiger partial charge in [-0.1, -0.05) is 0 Å². The minimum atomic E-state index is 0.815. The first-order valence-electron chi connectivity index (χ1n) is 3.68. The third kappa shape index (κ3) is 0.701. The van der Waals surface area contributed by atoms with Crippen LogP contribution in [-0.2, 0) is 13.0 Å². The topological polar surface area (TPSA) is 43.8 Å². The summed E-state index contributed by atoms with van der Waals surface area (Å²) in [5, 5.41) is 0. The van der Waals surface area contributed by atoms with Gasteiger partial charge in [-0.2, -0.15) is 0 Å². The molecule has 3 heteroatoms. The molecule has 1 aromatic rings. The fraction of sp³-hybridized carbons (Fsp3) is 0.571. The van der Waals surface area contributed by atoms with E-state index in [9.17, 15) is 0 Å². The molecular formula is C7H11N3. The summed E-state index contributed by atoms with van der Waals surface area (Å²) in [5.74, 6) is 1.97. The van der Waals surface area contributed by atoms with E-state index in [4.69, 9.17) is 5.73 Å². The number of rotatable bonds is 0. The van der Waals surface area contributed by atoms with Crippen LogP contribution >= 0.6 is 0 Å². The Bertz CT molecular complexity index is 239. The smallest absolute Gasteiger partial charge is 0.123 e. The highest BCUT2D eigenvalue weighted by Crippen LogP contribution is 2.16. The van der Waals surface area contributed by atoms with Crippen LogP contribution in [0.3, 0.4) is 0 Å². The average molecular weight is 137 g/mol. The lowest BCUT2D eigenvalue weighted by Crippen LogP contribution is -2.12. The number of anilines is 1. The van der Waals surface area contributed by atoms with Gasteiger partial charge in [-0.3, -0.25) is 0 Å². The Hall–Kier alpha value is -0.990. The first-order chi connectivity index (χ1) is 4.88. The molecular weight excluding hydrogens is 126 g/mol. The van der Waals surface area contributed by atoms with Gasteiger partial charge < -0.3 is 10.3 Å². The first kappa shape index (κ1) is 5.77. The zero-order chi connectivity index (χ0) is 6.97. The van der Waals surface area contributed by atoms with Gasteiger partial charge in [-0.15, -0.1) is 0 Å². The minimum absolute atomic E-state index is 0.815. The number of nitrogens with zero attached hydrogens (tertiary/aromatic N) is 2. The van der Waals surface area contributed by atoms with E-state index in [1.54, 1.807) is 6.20 Å². The van der Waals surface area contributed by atoms with Crippen molar-refractivity contribution in [3.63, 3.8) is 0 Å². The average Bonchev–Trinajstić information content (AvgIpc) is 2.34. The van der Waals surface area contributed by atoms with Gasteiger partial charge in [0.15, 0.2) is 0 Å². The molecule has 3 nitrogen and oxygen atoms in total. The van der Waals surface area contributed by atoms with E-state index < -0.39 is 0 Å². The van der Waals surface area contributed by atoms with Gasteiger partial charge in [-0.05, 0) is 12.8 Å². The number of fused-ring (bicyclic) bond motifs is 1. The van der Waals surface area contributed by atoms with E-state index in [1.165, 1.54) is 12.8 Å². The molecule has 0 aromatic carbocycles. The molecule has 10 heavy (non-hydrogen) atoms. The summed E-state index contributed by atoms with van der Waals surface area (Å²) < 4.78 is 2.10. The highest BCUT2D eigenvalue weighted by molar-refractivity contribution is 5.28. The molecule has 1 aliphatic rings. The quantitative estimate of drug-likeness (QED) is 0.574. The minimum Gasteiger partial charge on any atom is -0.384 e. The SMILES string of the molecule is Nc1cnc2n1CCCC2. The van der Waals surface area contributed by atoms with Crippen LogP contribution in [0.15, 0.2) is 6.20 Å². The number of hydrogen-bond acceptors (Lipinski definition) is 2. The van der Waals surface area contributed by atoms with Crippen molar-refractivity contribution in [1.29, 1.82) is 0 Å². The molecule has 54 valence electrons. The molecule has 0 saturated carbocycles. The van der Waals surface area contributed by atoms with Crippen LogP contribution < -0.4 is 5.73 Å². The maximum atomic E-state index is 5.66. The van der Waals surface area contributed by atoms with E-state index in [-0.39, 0.29) is 0 Å². The van der Waals surface area contributed by atoms with Gasteiger partial charge in [0.25, 0.3) is 0 Å². The molecule has 0 bridgehead atoms. The normalized spacial score (nSPS) is 16.8. The second-order valence-corrected chi connectivity index (χ2v) is 2.71. The fourth-order valence-corrected chi connectivity index (χ4v) is 1.44. The molecule has 1 aliphatic heterocycles. The van der Waals surface area contributed by atoms with Gasteiger partial charge in [0.1, 0.15) is 11.6 Å². The lowest BCUT2D eigenvalue weighted by atomic mass is 10.2. The van der Waals surface area contributed by atoms with Crippen molar-refractivity contribution in [1.82, 2.24) is 9.55 Å². The number of nitrogens with two attached hydrogens (primary N) is 1. The van der Waals surface area contributed by atoms with Crippen LogP contribution in [0, 0.1) is 0 Å². The molecule has 2 heterocycles. The lowest BCUT2D eigenvalue weighted by Gasteiger charge is -2.13. The molecule has 0 atom stereocenters. The van der Waals surface area contributed by atoms with Gasteiger partial charge in [0.05, 0.1) is 6.20 Å². The van der Waals surface area contributed by atoms with Crippen LogP contribution in [0.25, 0.3) is 0 Å². The monoisotopic (exact) mass is 137 g/mol. The van der Waals surface area contributed by atoms with Gasteiger partial charge in [0, 0.05) is 13.0 Å². The van der Waals surface area contributed by atoms with Crippen molar-refractivity contribution < 1.29 is 0 Å². The Morgan fingerprint density at radius 1 is 1.50 bits per heavy atom. The van der Waals surface area contributed by atoms with Crippen molar-refractivity contribution in [2.24, 2.45) is 0 Å². The number of aromatic nitrogens is 2. The molecule has 0 amide bonds. The third-order valence-electron chi connectivity index (χ3n) is 2.00. The molecule has 2 N–H and O–H groups in total. The predicted octanol–water partition coefficient (Wildman–Crippen LogP) is 0.802. The van der Waals surface area contributed by atoms with E-state index in [0.29, 0.717) is 0 Å². The van der Waals surface area contributed by atoms with Gasteiger partial charge in [0.2, 0.25) is 0 Å². The molecule has 0 unspecified atom stereocenters. The second-order valence-electron chi connectivity index (χ2n) is 2.71. The van der Waals surface area contributed by atoms with E-state index in [1.807, 2.05) is 0 Å². The summed E-state index contributed by atoms with van der Waals surface area (Å²) in [6, 6.07) is 0. The number of aryl methyl sites for hydroxylation is 1. The molecule has 0 radical (unpaired) electrons. The zero-order valence-electron chi connectivity index (χ0n) is 5.88. The highest BCUT2D eigenvalue weighted by Gasteiger charge is 2.10. The molecule has 0 saturated heterocycles. The third-order valence-corrected chi connectivity index (χ3v) is 2.00. The molecule has 0 aliphatic carbocycles. The van der Waals surface area contributed by atoms with Crippen molar-refractivity contribution in [3.8, 4) is 0 Å². The molecule has 0 fully saturated rings. The van der Waals surface area contributed by atoms with Gasteiger partial charge in [-0.25, -0.2) is 4.98 Å². The Morgan fingerprint density at radius 3 is 3.20 bits per heavy atom. The fourth-order valence-electron chi connectivity index (χ4n) is 1.44. The van der Waals surface area contributed by atoms with E-state index >= 15 is 0 Å². The van der Waals surface area contributed by atoms with Crippen LogP contribution in [0.2, 0.25) is 0 Å². The summed E-state index contributed by atoms with van der Waals surface area (Å²) in [7, 11) is 0. The van der Waals surface area contributed by atoms with Crippen molar-refractivity contribution in [3.05, 3.63) is 12.0 Å². The Morgan fingerprint density at radius 2 is 2.40 bits per heavy atom. The number of imidazole rings is 1. The second kappa shape index (κ2) is 2.01. The largest absolute Gasteiger partial charge is 0.384 e. The molecule has 0 spiro atoms. The van der Waals surface area contributed by atoms with Gasteiger partial charge >= 0.3 is 0 Å². The number of hydrogen-bond donors (Lipinski definition) is 1. The Balaban J connectivity index is 2.45. The van der Waals surface area contributed by atoms with Crippen molar-refractivity contribution >= 4 is 5.82 Å². The highest BCUT2D eigenvalue weighted by atomic mass is 15.1. The Kier molecular flexibility index (Phi) is 1.16. The van der Waals surface area contributed by atoms with E-state index in [0.717, 1.165) is 24.6 Å². The summed E-state index contributed by atoms with van der Waals surface area (Å²) in [5.41, 5.74) is 5.66. The summed E-state index contributed by atoms with van der Waals surface area (Å²) in [6.07, 6.45) is 5.35. The van der Waals surface area contributed by atoms with Crippen molar-refractivity contribution in [2.45, 2.75) is 25.8 Å².